The molecule has 0 atom stereocenters. The van der Waals surface area contributed by atoms with E-state index in [2.05, 4.69) is 34.8 Å². The van der Waals surface area contributed by atoms with E-state index in [0.717, 1.165) is 12.8 Å². The Hall–Kier alpha value is -1.56. The average Bonchev–Trinajstić information content (AvgIpc) is 2.97. The van der Waals surface area contributed by atoms with Crippen molar-refractivity contribution in [1.29, 1.82) is 0 Å². The molecular formula is C13H22N4O2. The molecule has 1 heterocycles. The maximum atomic E-state index is 11.8. The minimum Gasteiger partial charge on any atom is -0.360 e. The monoisotopic (exact) mass is 266 g/mol. The zero-order chi connectivity index (χ0) is 13.9. The highest BCUT2D eigenvalue weighted by Gasteiger charge is 2.36. The number of amides is 2. The second kappa shape index (κ2) is 5.61. The van der Waals surface area contributed by atoms with E-state index < -0.39 is 0 Å². The van der Waals surface area contributed by atoms with Crippen LogP contribution in [0, 0.1) is 6.92 Å². The summed E-state index contributed by atoms with van der Waals surface area (Å²) in [6.07, 6.45) is 4.71. The molecule has 2 N–H and O–H groups in total. The maximum Gasteiger partial charge on any atom is 0.320 e. The zero-order valence-electron chi connectivity index (χ0n) is 11.8. The molecule has 1 aromatic heterocycles. The fourth-order valence-corrected chi connectivity index (χ4v) is 2.65. The van der Waals surface area contributed by atoms with Crippen LogP contribution < -0.4 is 10.6 Å². The lowest BCUT2D eigenvalue weighted by Crippen LogP contribution is -2.51. The van der Waals surface area contributed by atoms with Gasteiger partial charge in [0.1, 0.15) is 5.76 Å². The van der Waals surface area contributed by atoms with E-state index in [1.165, 1.54) is 12.8 Å². The molecule has 0 unspecified atom stereocenters. The smallest absolute Gasteiger partial charge is 0.320 e. The number of carbonyl (C=O) groups excluding carboxylic acids is 1. The fourth-order valence-electron chi connectivity index (χ4n) is 2.65. The molecule has 1 aliphatic rings. The molecule has 6 nitrogen and oxygen atoms in total. The lowest BCUT2D eigenvalue weighted by molar-refractivity contribution is 0.156. The standard InChI is InChI=1S/C13H22N4O2/c1-10-8-11(16-19-10)15-12(18)14-9-13(17(2)3)6-4-5-7-13/h8H,4-7,9H2,1-3H3,(H2,14,15,16,18). The van der Waals surface area contributed by atoms with Crippen molar-refractivity contribution in [3.05, 3.63) is 11.8 Å². The minimum atomic E-state index is -0.235. The number of nitrogens with zero attached hydrogens (tertiary/aromatic N) is 2. The molecule has 0 saturated heterocycles. The van der Waals surface area contributed by atoms with Gasteiger partial charge in [-0.15, -0.1) is 0 Å². The largest absolute Gasteiger partial charge is 0.360 e. The third-order valence-corrected chi connectivity index (χ3v) is 3.93. The van der Waals surface area contributed by atoms with Crippen molar-refractivity contribution in [1.82, 2.24) is 15.4 Å². The molecule has 1 aromatic rings. The number of anilines is 1. The summed E-state index contributed by atoms with van der Waals surface area (Å²) in [5.41, 5.74) is 0.0943. The van der Waals surface area contributed by atoms with Gasteiger partial charge in [0.15, 0.2) is 5.82 Å². The Bertz CT molecular complexity index is 436. The zero-order valence-corrected chi connectivity index (χ0v) is 11.8. The van der Waals surface area contributed by atoms with E-state index in [-0.39, 0.29) is 11.6 Å². The second-order valence-electron chi connectivity index (χ2n) is 5.46. The summed E-state index contributed by atoms with van der Waals surface area (Å²) in [6.45, 7) is 2.44. The number of nitrogens with one attached hydrogen (secondary N) is 2. The van der Waals surface area contributed by atoms with Crippen molar-refractivity contribution in [2.45, 2.75) is 38.1 Å². The fraction of sp³-hybridized carbons (Fsp3) is 0.692. The van der Waals surface area contributed by atoms with E-state index in [4.69, 9.17) is 4.52 Å². The first-order valence-corrected chi connectivity index (χ1v) is 6.67. The number of carbonyl (C=O) groups is 1. The van der Waals surface area contributed by atoms with Crippen LogP contribution in [0.5, 0.6) is 0 Å². The molecule has 0 radical (unpaired) electrons. The number of hydrogen-bond donors (Lipinski definition) is 2. The van der Waals surface area contributed by atoms with E-state index in [0.29, 0.717) is 18.1 Å². The Kier molecular flexibility index (Phi) is 4.09. The van der Waals surface area contributed by atoms with Gasteiger partial charge in [0.05, 0.1) is 0 Å². The highest BCUT2D eigenvalue weighted by molar-refractivity contribution is 5.88. The molecule has 0 spiro atoms. The molecule has 1 fully saturated rings. The molecule has 106 valence electrons. The van der Waals surface area contributed by atoms with Gasteiger partial charge in [-0.05, 0) is 33.9 Å². The maximum absolute atomic E-state index is 11.8. The summed E-state index contributed by atoms with van der Waals surface area (Å²) >= 11 is 0. The number of aryl methyl sites for hydroxylation is 1. The van der Waals surface area contributed by atoms with Crippen molar-refractivity contribution in [2.24, 2.45) is 0 Å². The van der Waals surface area contributed by atoms with Crippen molar-refractivity contribution in [2.75, 3.05) is 26.0 Å². The summed E-state index contributed by atoms with van der Waals surface area (Å²) in [5.74, 6) is 1.12. The van der Waals surface area contributed by atoms with Gasteiger partial charge in [0.2, 0.25) is 0 Å². The van der Waals surface area contributed by atoms with Crippen LogP contribution in [0.25, 0.3) is 0 Å². The molecule has 2 rings (SSSR count). The van der Waals surface area contributed by atoms with Gasteiger partial charge in [-0.1, -0.05) is 18.0 Å². The van der Waals surface area contributed by atoms with Crippen molar-refractivity contribution >= 4 is 11.8 Å². The van der Waals surface area contributed by atoms with Crippen LogP contribution in [-0.2, 0) is 0 Å². The van der Waals surface area contributed by atoms with E-state index in [9.17, 15) is 4.79 Å². The SMILES string of the molecule is Cc1cc(NC(=O)NCC2(N(C)C)CCCC2)no1. The van der Waals surface area contributed by atoms with Crippen LogP contribution >= 0.6 is 0 Å². The first-order valence-electron chi connectivity index (χ1n) is 6.67. The topological polar surface area (TPSA) is 70.4 Å². The van der Waals surface area contributed by atoms with Gasteiger partial charge in [0.25, 0.3) is 0 Å². The van der Waals surface area contributed by atoms with Crippen LogP contribution in [0.2, 0.25) is 0 Å². The van der Waals surface area contributed by atoms with Crippen molar-refractivity contribution in [3.8, 4) is 0 Å². The molecule has 0 aromatic carbocycles. The summed E-state index contributed by atoms with van der Waals surface area (Å²) in [6, 6.07) is 1.46. The van der Waals surface area contributed by atoms with E-state index in [1.807, 2.05) is 0 Å². The molecule has 0 aliphatic heterocycles. The van der Waals surface area contributed by atoms with Crippen molar-refractivity contribution < 1.29 is 9.32 Å². The summed E-state index contributed by atoms with van der Waals surface area (Å²) in [7, 11) is 4.15. The number of aromatic nitrogens is 1. The van der Waals surface area contributed by atoms with E-state index in [1.54, 1.807) is 13.0 Å². The van der Waals surface area contributed by atoms with Gasteiger partial charge >= 0.3 is 6.03 Å². The third-order valence-electron chi connectivity index (χ3n) is 3.93. The third kappa shape index (κ3) is 3.26. The Morgan fingerprint density at radius 2 is 2.16 bits per heavy atom. The molecule has 19 heavy (non-hydrogen) atoms. The van der Waals surface area contributed by atoms with Gasteiger partial charge < -0.3 is 14.7 Å². The Morgan fingerprint density at radius 3 is 2.68 bits per heavy atom. The lowest BCUT2D eigenvalue weighted by atomic mass is 9.96. The molecule has 1 saturated carbocycles. The van der Waals surface area contributed by atoms with Crippen molar-refractivity contribution in [3.63, 3.8) is 0 Å². The number of urea groups is 1. The van der Waals surface area contributed by atoms with Crippen LogP contribution in [0.3, 0.4) is 0 Å². The molecule has 2 amide bonds. The van der Waals surface area contributed by atoms with Gasteiger partial charge in [0, 0.05) is 18.2 Å². The molecular weight excluding hydrogens is 244 g/mol. The van der Waals surface area contributed by atoms with E-state index >= 15 is 0 Å². The highest BCUT2D eigenvalue weighted by Crippen LogP contribution is 2.33. The van der Waals surface area contributed by atoms with Gasteiger partial charge in [-0.2, -0.15) is 0 Å². The van der Waals surface area contributed by atoms with Gasteiger partial charge in [-0.3, -0.25) is 5.32 Å². The quantitative estimate of drug-likeness (QED) is 0.874. The predicted molar refractivity (Wildman–Crippen MR) is 73.1 cm³/mol. The Morgan fingerprint density at radius 1 is 1.47 bits per heavy atom. The minimum absolute atomic E-state index is 0.0943. The molecule has 6 heteroatoms. The lowest BCUT2D eigenvalue weighted by Gasteiger charge is -2.36. The summed E-state index contributed by atoms with van der Waals surface area (Å²) < 4.78 is 4.90. The normalized spacial score (nSPS) is 17.7. The van der Waals surface area contributed by atoms with Crippen LogP contribution in [0.15, 0.2) is 10.6 Å². The molecule has 0 bridgehead atoms. The predicted octanol–water partition coefficient (Wildman–Crippen LogP) is 1.98. The summed E-state index contributed by atoms with van der Waals surface area (Å²) in [5, 5.41) is 9.33. The van der Waals surface area contributed by atoms with Gasteiger partial charge in [-0.25, -0.2) is 4.79 Å². The number of likely N-dealkylation sites (N-methyl/N-ethyl adjacent to an activating group) is 1. The Balaban J connectivity index is 1.85. The first kappa shape index (κ1) is 13.9. The summed E-state index contributed by atoms with van der Waals surface area (Å²) in [4.78, 5) is 14.0. The Labute approximate surface area is 113 Å². The average molecular weight is 266 g/mol. The first-order chi connectivity index (χ1) is 9.02. The van der Waals surface area contributed by atoms with Crippen LogP contribution in [0.1, 0.15) is 31.4 Å². The van der Waals surface area contributed by atoms with Crippen LogP contribution in [0.4, 0.5) is 10.6 Å². The van der Waals surface area contributed by atoms with Crippen LogP contribution in [-0.4, -0.2) is 42.3 Å². The highest BCUT2D eigenvalue weighted by atomic mass is 16.5. The number of rotatable bonds is 4. The number of hydrogen-bond acceptors (Lipinski definition) is 4. The second-order valence-corrected chi connectivity index (χ2v) is 5.46. The molecule has 1 aliphatic carbocycles.